The zero-order valence-electron chi connectivity index (χ0n) is 21.9. The molecule has 3 aromatic carbocycles. The topological polar surface area (TPSA) is 122 Å². The van der Waals surface area contributed by atoms with Crippen LogP contribution in [-0.2, 0) is 17.8 Å². The summed E-state index contributed by atoms with van der Waals surface area (Å²) in [6, 6.07) is 20.8. The molecule has 0 saturated heterocycles. The van der Waals surface area contributed by atoms with E-state index in [-0.39, 0.29) is 42.6 Å². The zero-order valence-corrected chi connectivity index (χ0v) is 21.9. The summed E-state index contributed by atoms with van der Waals surface area (Å²) in [4.78, 5) is 26.1. The number of aryl methyl sites for hydroxylation is 1. The van der Waals surface area contributed by atoms with E-state index in [0.717, 1.165) is 16.9 Å². The number of rotatable bonds is 12. The number of carbonyl (C=O) groups is 2. The minimum Gasteiger partial charge on any atom is -0.489 e. The molecule has 10 heteroatoms. The Labute approximate surface area is 226 Å². The first kappa shape index (κ1) is 27.4. The van der Waals surface area contributed by atoms with Gasteiger partial charge in [-0.05, 0) is 71.0 Å². The molecule has 3 N–H and O–H groups in total. The zero-order chi connectivity index (χ0) is 27.6. The standard InChI is InChI=1S/C29H31FN6O3/c1-19(2)16-26(22-10-13-23(30)14-11-22)31-28(38)25-17-20(18-39-24-6-4-3-5-7-24)8-9-21(25)12-15-27(37)32-29-33-35-36-34-29/h3-11,13-14,17,19,26H,12,15-16,18H2,1-2H3,(H,31,38)(H2,32,33,34,35,36,37). The van der Waals surface area contributed by atoms with Crippen LogP contribution >= 0.6 is 0 Å². The molecule has 1 atom stereocenters. The Morgan fingerprint density at radius 1 is 1.03 bits per heavy atom. The van der Waals surface area contributed by atoms with Gasteiger partial charge in [-0.1, -0.05) is 61.4 Å². The first-order chi connectivity index (χ1) is 18.9. The number of benzene rings is 3. The van der Waals surface area contributed by atoms with Crippen LogP contribution in [0, 0.1) is 11.7 Å². The molecule has 1 unspecified atom stereocenters. The van der Waals surface area contributed by atoms with Crippen molar-refractivity contribution in [2.45, 2.75) is 45.8 Å². The van der Waals surface area contributed by atoms with Crippen LogP contribution in [0.1, 0.15) is 59.8 Å². The number of carbonyl (C=O) groups excluding carboxylic acids is 2. The molecule has 4 aromatic rings. The molecular formula is C29H31FN6O3. The third-order valence-electron chi connectivity index (χ3n) is 6.07. The van der Waals surface area contributed by atoms with E-state index in [2.05, 4.69) is 45.1 Å². The molecule has 4 rings (SSSR count). The van der Waals surface area contributed by atoms with Crippen LogP contribution in [-0.4, -0.2) is 32.4 Å². The lowest BCUT2D eigenvalue weighted by molar-refractivity contribution is -0.116. The molecule has 0 fully saturated rings. The lowest BCUT2D eigenvalue weighted by atomic mass is 9.95. The van der Waals surface area contributed by atoms with Gasteiger partial charge < -0.3 is 10.1 Å². The predicted molar refractivity (Wildman–Crippen MR) is 144 cm³/mol. The number of ether oxygens (including phenoxy) is 1. The molecule has 0 aliphatic rings. The summed E-state index contributed by atoms with van der Waals surface area (Å²) < 4.78 is 19.4. The van der Waals surface area contributed by atoms with Gasteiger partial charge in [-0.15, -0.1) is 5.10 Å². The van der Waals surface area contributed by atoms with E-state index in [1.807, 2.05) is 42.5 Å². The highest BCUT2D eigenvalue weighted by molar-refractivity contribution is 5.96. The normalized spacial score (nSPS) is 11.7. The minimum atomic E-state index is -0.333. The fourth-order valence-electron chi connectivity index (χ4n) is 4.16. The molecule has 1 heterocycles. The number of amides is 2. The maximum atomic E-state index is 13.7. The monoisotopic (exact) mass is 530 g/mol. The molecule has 9 nitrogen and oxygen atoms in total. The second-order valence-corrected chi connectivity index (χ2v) is 9.58. The van der Waals surface area contributed by atoms with Gasteiger partial charge in [0.2, 0.25) is 5.91 Å². The minimum absolute atomic E-state index is 0.0854. The number of H-pyrrole nitrogens is 1. The molecule has 0 aliphatic heterocycles. The molecule has 0 radical (unpaired) electrons. The summed E-state index contributed by atoms with van der Waals surface area (Å²) in [5.74, 6) is 0.185. The quantitative estimate of drug-likeness (QED) is 0.237. The van der Waals surface area contributed by atoms with Gasteiger partial charge in [0.1, 0.15) is 18.2 Å². The molecule has 2 amide bonds. The van der Waals surface area contributed by atoms with E-state index in [9.17, 15) is 14.0 Å². The third kappa shape index (κ3) is 8.19. The molecule has 202 valence electrons. The number of hydrogen-bond donors (Lipinski definition) is 3. The van der Waals surface area contributed by atoms with Crippen LogP contribution in [0.25, 0.3) is 0 Å². The molecule has 0 spiro atoms. The van der Waals surface area contributed by atoms with E-state index in [0.29, 0.717) is 29.9 Å². The number of halogens is 1. The second-order valence-electron chi connectivity index (χ2n) is 9.58. The van der Waals surface area contributed by atoms with Crippen molar-refractivity contribution >= 4 is 17.8 Å². The molecule has 0 bridgehead atoms. The second kappa shape index (κ2) is 13.3. The number of aromatic amines is 1. The molecular weight excluding hydrogens is 499 g/mol. The summed E-state index contributed by atoms with van der Waals surface area (Å²) >= 11 is 0. The Morgan fingerprint density at radius 2 is 1.79 bits per heavy atom. The number of nitrogens with zero attached hydrogens (tertiary/aromatic N) is 3. The van der Waals surface area contributed by atoms with E-state index >= 15 is 0 Å². The number of aromatic nitrogens is 4. The van der Waals surface area contributed by atoms with Gasteiger partial charge in [-0.2, -0.15) is 5.21 Å². The Balaban J connectivity index is 1.54. The van der Waals surface area contributed by atoms with Crippen molar-refractivity contribution in [2.75, 3.05) is 5.32 Å². The highest BCUT2D eigenvalue weighted by Gasteiger charge is 2.20. The van der Waals surface area contributed by atoms with Gasteiger partial charge in [-0.3, -0.25) is 14.9 Å². The number of nitrogens with one attached hydrogen (secondary N) is 3. The van der Waals surface area contributed by atoms with Crippen molar-refractivity contribution in [1.29, 1.82) is 0 Å². The van der Waals surface area contributed by atoms with Gasteiger partial charge in [0.25, 0.3) is 11.9 Å². The number of tetrazole rings is 1. The van der Waals surface area contributed by atoms with Crippen LogP contribution in [0.5, 0.6) is 5.75 Å². The first-order valence-corrected chi connectivity index (χ1v) is 12.8. The Hall–Kier alpha value is -4.60. The van der Waals surface area contributed by atoms with Crippen molar-refractivity contribution in [3.8, 4) is 5.75 Å². The van der Waals surface area contributed by atoms with Gasteiger partial charge in [0, 0.05) is 12.0 Å². The van der Waals surface area contributed by atoms with E-state index < -0.39 is 0 Å². The van der Waals surface area contributed by atoms with Crippen molar-refractivity contribution in [3.05, 3.63) is 101 Å². The summed E-state index contributed by atoms with van der Waals surface area (Å²) in [6.07, 6.45) is 1.11. The predicted octanol–water partition coefficient (Wildman–Crippen LogP) is 5.01. The van der Waals surface area contributed by atoms with Crippen LogP contribution in [0.3, 0.4) is 0 Å². The maximum Gasteiger partial charge on any atom is 0.269 e. The van der Waals surface area contributed by atoms with Gasteiger partial charge in [-0.25, -0.2) is 4.39 Å². The highest BCUT2D eigenvalue weighted by atomic mass is 19.1. The van der Waals surface area contributed by atoms with E-state index in [4.69, 9.17) is 4.74 Å². The van der Waals surface area contributed by atoms with Crippen molar-refractivity contribution in [3.63, 3.8) is 0 Å². The van der Waals surface area contributed by atoms with Crippen molar-refractivity contribution < 1.29 is 18.7 Å². The Kier molecular flexibility index (Phi) is 9.34. The average Bonchev–Trinajstić information content (AvgIpc) is 3.44. The molecule has 0 aliphatic carbocycles. The van der Waals surface area contributed by atoms with Crippen molar-refractivity contribution in [2.24, 2.45) is 5.92 Å². The number of para-hydroxylation sites is 1. The van der Waals surface area contributed by atoms with E-state index in [1.54, 1.807) is 18.2 Å². The van der Waals surface area contributed by atoms with Crippen LogP contribution in [0.15, 0.2) is 72.8 Å². The number of hydrogen-bond acceptors (Lipinski definition) is 6. The van der Waals surface area contributed by atoms with Gasteiger partial charge in [0.15, 0.2) is 0 Å². The molecule has 0 saturated carbocycles. The van der Waals surface area contributed by atoms with Gasteiger partial charge >= 0.3 is 0 Å². The summed E-state index contributed by atoms with van der Waals surface area (Å²) in [5.41, 5.74) is 2.79. The summed E-state index contributed by atoms with van der Waals surface area (Å²) in [5, 5.41) is 18.8. The molecule has 39 heavy (non-hydrogen) atoms. The van der Waals surface area contributed by atoms with Crippen LogP contribution in [0.4, 0.5) is 10.3 Å². The van der Waals surface area contributed by atoms with Crippen LogP contribution < -0.4 is 15.4 Å². The van der Waals surface area contributed by atoms with Crippen LogP contribution in [0.2, 0.25) is 0 Å². The van der Waals surface area contributed by atoms with E-state index in [1.165, 1.54) is 12.1 Å². The van der Waals surface area contributed by atoms with Crippen molar-refractivity contribution in [1.82, 2.24) is 25.9 Å². The smallest absolute Gasteiger partial charge is 0.269 e. The summed E-state index contributed by atoms with van der Waals surface area (Å²) in [6.45, 7) is 4.41. The fraction of sp³-hybridized carbons (Fsp3) is 0.276. The lowest BCUT2D eigenvalue weighted by Crippen LogP contribution is -2.30. The highest BCUT2D eigenvalue weighted by Crippen LogP contribution is 2.24. The lowest BCUT2D eigenvalue weighted by Gasteiger charge is -2.22. The van der Waals surface area contributed by atoms with Gasteiger partial charge in [0.05, 0.1) is 6.04 Å². The Morgan fingerprint density at radius 3 is 2.49 bits per heavy atom. The molecule has 1 aromatic heterocycles. The first-order valence-electron chi connectivity index (χ1n) is 12.8. The SMILES string of the molecule is CC(C)CC(NC(=O)c1cc(COc2ccccc2)ccc1CCC(=O)Nc1nn[nH]n1)c1ccc(F)cc1. The maximum absolute atomic E-state index is 13.7. The Bertz CT molecular complexity index is 1360. The largest absolute Gasteiger partial charge is 0.489 e. The average molecular weight is 531 g/mol. The third-order valence-corrected chi connectivity index (χ3v) is 6.07. The fourth-order valence-corrected chi connectivity index (χ4v) is 4.16. The number of anilines is 1. The summed E-state index contributed by atoms with van der Waals surface area (Å²) in [7, 11) is 0.